The first-order valence-corrected chi connectivity index (χ1v) is 12.7. The van der Waals surface area contributed by atoms with Gasteiger partial charge in [-0.3, -0.25) is 9.69 Å². The number of hydrogen-bond donors (Lipinski definition) is 0. The van der Waals surface area contributed by atoms with Crippen molar-refractivity contribution in [3.05, 3.63) is 68.6 Å². The predicted octanol–water partition coefficient (Wildman–Crippen LogP) is 5.86. The Morgan fingerprint density at radius 3 is 2.43 bits per heavy atom. The van der Waals surface area contributed by atoms with Crippen molar-refractivity contribution in [1.29, 1.82) is 0 Å². The molecule has 0 fully saturated rings. The van der Waals surface area contributed by atoms with Gasteiger partial charge in [0.15, 0.2) is 3.92 Å². The standard InChI is InChI=1S/C25H25BrF3N3O4S/c1-16-22(30-24(26)37-16)23(34)32(19-11-20(35-3)13-21(12-19)36-25(27,28)29)18(15-33)9-10-31(2)14-17-7-5-4-6-8-17/h4-8,11-13,15,18H,9-10,14H2,1-3H3. The van der Waals surface area contributed by atoms with E-state index in [0.717, 1.165) is 22.6 Å². The van der Waals surface area contributed by atoms with E-state index in [2.05, 4.69) is 25.7 Å². The Balaban J connectivity index is 1.97. The number of aldehydes is 1. The zero-order valence-electron chi connectivity index (χ0n) is 20.3. The Morgan fingerprint density at radius 2 is 1.86 bits per heavy atom. The minimum Gasteiger partial charge on any atom is -0.497 e. The summed E-state index contributed by atoms with van der Waals surface area (Å²) in [7, 11) is 3.16. The van der Waals surface area contributed by atoms with Crippen molar-refractivity contribution in [2.75, 3.05) is 25.6 Å². The number of halogens is 4. The molecule has 7 nitrogen and oxygen atoms in total. The Morgan fingerprint density at radius 1 is 1.19 bits per heavy atom. The van der Waals surface area contributed by atoms with E-state index in [1.807, 2.05) is 42.3 Å². The number of nitrogens with zero attached hydrogens (tertiary/aromatic N) is 3. The SMILES string of the molecule is COc1cc(OC(F)(F)F)cc(N(C(=O)c2nc(Br)sc2C)C(C=O)CCN(C)Cc2ccccc2)c1. The van der Waals surface area contributed by atoms with E-state index in [1.165, 1.54) is 24.5 Å². The Labute approximate surface area is 224 Å². The second-order valence-corrected chi connectivity index (χ2v) is 10.7. The van der Waals surface area contributed by atoms with Gasteiger partial charge in [-0.15, -0.1) is 24.5 Å². The Kier molecular flexibility index (Phi) is 9.68. The molecule has 1 aromatic heterocycles. The lowest BCUT2D eigenvalue weighted by atomic mass is 10.1. The first kappa shape index (κ1) is 28.6. The molecule has 0 spiro atoms. The highest BCUT2D eigenvalue weighted by Gasteiger charge is 2.34. The zero-order chi connectivity index (χ0) is 27.2. The average molecular weight is 600 g/mol. The molecule has 0 saturated heterocycles. The van der Waals surface area contributed by atoms with Crippen LogP contribution in [0.4, 0.5) is 18.9 Å². The molecule has 2 aromatic carbocycles. The molecule has 1 unspecified atom stereocenters. The number of aromatic nitrogens is 1. The van der Waals surface area contributed by atoms with Crippen LogP contribution in [0.1, 0.15) is 27.3 Å². The van der Waals surface area contributed by atoms with Crippen LogP contribution in [-0.2, 0) is 11.3 Å². The number of carbonyl (C=O) groups excluding carboxylic acids is 2. The van der Waals surface area contributed by atoms with Gasteiger partial charge in [-0.05, 0) is 41.9 Å². The molecule has 1 heterocycles. The summed E-state index contributed by atoms with van der Waals surface area (Å²) in [5.74, 6) is -1.19. The molecule has 198 valence electrons. The molecule has 0 aliphatic heterocycles. The minimum atomic E-state index is -4.96. The zero-order valence-corrected chi connectivity index (χ0v) is 22.7. The highest BCUT2D eigenvalue weighted by Crippen LogP contribution is 2.34. The van der Waals surface area contributed by atoms with Gasteiger partial charge in [0.1, 0.15) is 23.5 Å². The van der Waals surface area contributed by atoms with Gasteiger partial charge in [0, 0.05) is 36.2 Å². The summed E-state index contributed by atoms with van der Waals surface area (Å²) < 4.78 is 48.7. The normalized spacial score (nSPS) is 12.3. The van der Waals surface area contributed by atoms with E-state index in [4.69, 9.17) is 4.74 Å². The fourth-order valence-corrected chi connectivity index (χ4v) is 5.25. The van der Waals surface area contributed by atoms with Crippen molar-refractivity contribution in [2.45, 2.75) is 32.3 Å². The molecule has 1 atom stereocenters. The molecule has 37 heavy (non-hydrogen) atoms. The third-order valence-corrected chi connectivity index (χ3v) is 6.82. The lowest BCUT2D eigenvalue weighted by molar-refractivity contribution is -0.274. The van der Waals surface area contributed by atoms with Crippen LogP contribution in [0.15, 0.2) is 52.4 Å². The smallest absolute Gasteiger partial charge is 0.497 e. The lowest BCUT2D eigenvalue weighted by Crippen LogP contribution is -2.43. The largest absolute Gasteiger partial charge is 0.573 e. The number of alkyl halides is 3. The first-order chi connectivity index (χ1) is 17.5. The molecule has 0 N–H and O–H groups in total. The lowest BCUT2D eigenvalue weighted by Gasteiger charge is -2.30. The maximum Gasteiger partial charge on any atom is 0.573 e. The fourth-order valence-electron chi connectivity index (χ4n) is 3.73. The van der Waals surface area contributed by atoms with E-state index in [-0.39, 0.29) is 23.6 Å². The number of benzene rings is 2. The number of aryl methyl sites for hydroxylation is 1. The van der Waals surface area contributed by atoms with Crippen LogP contribution in [0.5, 0.6) is 11.5 Å². The second kappa shape index (κ2) is 12.5. The molecule has 3 rings (SSSR count). The third-order valence-electron chi connectivity index (χ3n) is 5.39. The predicted molar refractivity (Wildman–Crippen MR) is 138 cm³/mol. The van der Waals surface area contributed by atoms with Crippen molar-refractivity contribution in [1.82, 2.24) is 9.88 Å². The summed E-state index contributed by atoms with van der Waals surface area (Å²) in [6.45, 7) is 2.74. The minimum absolute atomic E-state index is 0.00920. The highest BCUT2D eigenvalue weighted by molar-refractivity contribution is 9.11. The topological polar surface area (TPSA) is 72.0 Å². The van der Waals surface area contributed by atoms with E-state index in [1.54, 1.807) is 6.92 Å². The van der Waals surface area contributed by atoms with Gasteiger partial charge in [-0.2, -0.15) is 0 Å². The number of hydrogen-bond acceptors (Lipinski definition) is 7. The van der Waals surface area contributed by atoms with Gasteiger partial charge in [0.05, 0.1) is 18.8 Å². The van der Waals surface area contributed by atoms with Crippen LogP contribution in [0, 0.1) is 6.92 Å². The maximum atomic E-state index is 13.7. The number of thiazole rings is 1. The quantitative estimate of drug-likeness (QED) is 0.257. The molecule has 1 amide bonds. The molecular weight excluding hydrogens is 575 g/mol. The second-order valence-electron chi connectivity index (χ2n) is 8.18. The van der Waals surface area contributed by atoms with Crippen molar-refractivity contribution in [2.24, 2.45) is 0 Å². The van der Waals surface area contributed by atoms with E-state index >= 15 is 0 Å². The fraction of sp³-hybridized carbons (Fsp3) is 0.320. The number of ether oxygens (including phenoxy) is 2. The van der Waals surface area contributed by atoms with Crippen molar-refractivity contribution in [3.63, 3.8) is 0 Å². The van der Waals surface area contributed by atoms with E-state index < -0.39 is 24.1 Å². The molecule has 0 aliphatic carbocycles. The molecule has 0 saturated carbocycles. The first-order valence-electron chi connectivity index (χ1n) is 11.1. The number of methoxy groups -OCH3 is 1. The van der Waals surface area contributed by atoms with Gasteiger partial charge >= 0.3 is 6.36 Å². The summed E-state index contributed by atoms with van der Waals surface area (Å²) in [4.78, 5) is 33.9. The summed E-state index contributed by atoms with van der Waals surface area (Å²) in [5, 5.41) is 0. The van der Waals surface area contributed by atoms with Crippen LogP contribution in [0.3, 0.4) is 0 Å². The van der Waals surface area contributed by atoms with Crippen LogP contribution in [-0.4, -0.2) is 55.2 Å². The van der Waals surface area contributed by atoms with Crippen LogP contribution < -0.4 is 14.4 Å². The van der Waals surface area contributed by atoms with Crippen molar-refractivity contribution >= 4 is 45.1 Å². The maximum absolute atomic E-state index is 13.7. The monoisotopic (exact) mass is 599 g/mol. The molecule has 0 aliphatic rings. The van der Waals surface area contributed by atoms with Gasteiger partial charge in [-0.1, -0.05) is 30.3 Å². The van der Waals surface area contributed by atoms with Gasteiger partial charge in [0.2, 0.25) is 0 Å². The van der Waals surface area contributed by atoms with Gasteiger partial charge in [0.25, 0.3) is 5.91 Å². The number of carbonyl (C=O) groups is 2. The Bertz CT molecular complexity index is 1220. The van der Waals surface area contributed by atoms with Crippen molar-refractivity contribution < 1.29 is 32.2 Å². The van der Waals surface area contributed by atoms with Crippen LogP contribution >= 0.6 is 27.3 Å². The highest BCUT2D eigenvalue weighted by atomic mass is 79.9. The summed E-state index contributed by atoms with van der Waals surface area (Å²) in [6.07, 6.45) is -4.14. The summed E-state index contributed by atoms with van der Waals surface area (Å²) >= 11 is 4.49. The van der Waals surface area contributed by atoms with Crippen molar-refractivity contribution in [3.8, 4) is 11.5 Å². The molecule has 12 heteroatoms. The number of anilines is 1. The number of rotatable bonds is 11. The van der Waals surface area contributed by atoms with Gasteiger partial charge < -0.3 is 19.2 Å². The molecule has 0 radical (unpaired) electrons. The summed E-state index contributed by atoms with van der Waals surface area (Å²) in [5.41, 5.74) is 1.17. The molecule has 3 aromatic rings. The Hall–Kier alpha value is -2.96. The van der Waals surface area contributed by atoms with E-state index in [9.17, 15) is 22.8 Å². The van der Waals surface area contributed by atoms with Gasteiger partial charge in [-0.25, -0.2) is 4.98 Å². The third kappa shape index (κ3) is 8.01. The summed E-state index contributed by atoms with van der Waals surface area (Å²) in [6, 6.07) is 12.2. The van der Waals surface area contributed by atoms with Crippen LogP contribution in [0.25, 0.3) is 0 Å². The van der Waals surface area contributed by atoms with E-state index in [0.29, 0.717) is 28.2 Å². The van der Waals surface area contributed by atoms with Crippen LogP contribution in [0.2, 0.25) is 0 Å². The molecule has 0 bridgehead atoms. The number of amides is 1. The average Bonchev–Trinajstić information content (AvgIpc) is 3.18. The molecular formula is C25H25BrF3N3O4S.